The second-order valence-corrected chi connectivity index (χ2v) is 3.19. The molecule has 0 bridgehead atoms. The van der Waals surface area contributed by atoms with E-state index in [2.05, 4.69) is 16.9 Å². The van der Waals surface area contributed by atoms with Crippen molar-refractivity contribution in [3.05, 3.63) is 17.6 Å². The largest absolute Gasteiger partial charge is 0.360 e. The van der Waals surface area contributed by atoms with Gasteiger partial charge < -0.3 is 4.90 Å². The summed E-state index contributed by atoms with van der Waals surface area (Å²) in [6, 6.07) is 3.74. The van der Waals surface area contributed by atoms with Crippen molar-refractivity contribution >= 4 is 5.82 Å². The molecule has 4 heteroatoms. The van der Waals surface area contributed by atoms with Gasteiger partial charge in [-0.2, -0.15) is 5.26 Å². The maximum atomic E-state index is 8.74. The van der Waals surface area contributed by atoms with Gasteiger partial charge in [0.25, 0.3) is 0 Å². The fourth-order valence-electron chi connectivity index (χ4n) is 1.25. The molecule has 1 rings (SSSR count). The molecule has 1 heterocycles. The molecule has 0 saturated carbocycles. The number of hydrogen-bond acceptors (Lipinski definition) is 4. The molecule has 0 saturated heterocycles. The van der Waals surface area contributed by atoms with Crippen molar-refractivity contribution in [1.29, 1.82) is 5.26 Å². The van der Waals surface area contributed by atoms with Crippen LogP contribution in [0.4, 0.5) is 5.82 Å². The minimum atomic E-state index is 0.426. The SMILES string of the molecule is CCCN(C)c1cc(C#N)nc(C)n1. The lowest BCUT2D eigenvalue weighted by atomic mass is 10.3. The molecule has 74 valence electrons. The molecule has 0 aliphatic carbocycles. The van der Waals surface area contributed by atoms with Gasteiger partial charge in [0.1, 0.15) is 23.4 Å². The van der Waals surface area contributed by atoms with Crippen molar-refractivity contribution < 1.29 is 0 Å². The third kappa shape index (κ3) is 2.43. The topological polar surface area (TPSA) is 52.8 Å². The summed E-state index contributed by atoms with van der Waals surface area (Å²) in [6.45, 7) is 4.83. The zero-order chi connectivity index (χ0) is 10.6. The Kier molecular flexibility index (Phi) is 3.41. The lowest BCUT2D eigenvalue weighted by Gasteiger charge is -2.17. The first kappa shape index (κ1) is 10.5. The average Bonchev–Trinajstić information content (AvgIpc) is 2.17. The van der Waals surface area contributed by atoms with E-state index in [1.54, 1.807) is 13.0 Å². The Balaban J connectivity index is 2.98. The van der Waals surface area contributed by atoms with Crippen LogP contribution in [0, 0.1) is 18.3 Å². The monoisotopic (exact) mass is 190 g/mol. The summed E-state index contributed by atoms with van der Waals surface area (Å²) in [5, 5.41) is 8.74. The normalized spacial score (nSPS) is 9.57. The number of rotatable bonds is 3. The predicted octanol–water partition coefficient (Wildman–Crippen LogP) is 1.50. The summed E-state index contributed by atoms with van der Waals surface area (Å²) in [7, 11) is 1.96. The fraction of sp³-hybridized carbons (Fsp3) is 0.500. The van der Waals surface area contributed by atoms with Gasteiger partial charge in [-0.3, -0.25) is 0 Å². The Labute approximate surface area is 84.2 Å². The molecular formula is C10H14N4. The van der Waals surface area contributed by atoms with Crippen LogP contribution in [0.25, 0.3) is 0 Å². The van der Waals surface area contributed by atoms with Gasteiger partial charge in [-0.25, -0.2) is 9.97 Å². The smallest absolute Gasteiger partial charge is 0.146 e. The minimum Gasteiger partial charge on any atom is -0.360 e. The number of aryl methyl sites for hydroxylation is 1. The van der Waals surface area contributed by atoms with E-state index in [9.17, 15) is 0 Å². The van der Waals surface area contributed by atoms with Crippen molar-refractivity contribution in [2.24, 2.45) is 0 Å². The van der Waals surface area contributed by atoms with Crippen molar-refractivity contribution in [3.63, 3.8) is 0 Å². The lowest BCUT2D eigenvalue weighted by Crippen LogP contribution is -2.19. The van der Waals surface area contributed by atoms with E-state index < -0.39 is 0 Å². The molecule has 0 unspecified atom stereocenters. The van der Waals surface area contributed by atoms with Crippen molar-refractivity contribution in [1.82, 2.24) is 9.97 Å². The Hall–Kier alpha value is -1.63. The van der Waals surface area contributed by atoms with Crippen molar-refractivity contribution in [2.75, 3.05) is 18.5 Å². The van der Waals surface area contributed by atoms with E-state index in [1.165, 1.54) is 0 Å². The summed E-state index contributed by atoms with van der Waals surface area (Å²) < 4.78 is 0. The molecule has 1 aromatic heterocycles. The molecule has 0 fully saturated rings. The fourth-order valence-corrected chi connectivity index (χ4v) is 1.25. The number of aromatic nitrogens is 2. The summed E-state index contributed by atoms with van der Waals surface area (Å²) in [5.74, 6) is 1.46. The van der Waals surface area contributed by atoms with Crippen LogP contribution in [0.5, 0.6) is 0 Å². The molecule has 0 aliphatic rings. The molecule has 0 amide bonds. The first-order chi connectivity index (χ1) is 6.67. The van der Waals surface area contributed by atoms with E-state index in [1.807, 2.05) is 18.0 Å². The second-order valence-electron chi connectivity index (χ2n) is 3.19. The maximum Gasteiger partial charge on any atom is 0.146 e. The van der Waals surface area contributed by atoms with Gasteiger partial charge in [0, 0.05) is 19.7 Å². The van der Waals surface area contributed by atoms with E-state index in [-0.39, 0.29) is 0 Å². The Bertz CT molecular complexity index is 354. The number of nitriles is 1. The van der Waals surface area contributed by atoms with Crippen LogP contribution < -0.4 is 4.90 Å². The van der Waals surface area contributed by atoms with E-state index in [4.69, 9.17) is 5.26 Å². The second kappa shape index (κ2) is 4.56. The van der Waals surface area contributed by atoms with Crippen LogP contribution in [-0.2, 0) is 0 Å². The summed E-state index contributed by atoms with van der Waals surface area (Å²) in [4.78, 5) is 10.3. The maximum absolute atomic E-state index is 8.74. The Morgan fingerprint density at radius 2 is 2.21 bits per heavy atom. The molecule has 4 nitrogen and oxygen atoms in total. The Morgan fingerprint density at radius 3 is 2.79 bits per heavy atom. The van der Waals surface area contributed by atoms with Crippen LogP contribution >= 0.6 is 0 Å². The third-order valence-electron chi connectivity index (χ3n) is 1.89. The lowest BCUT2D eigenvalue weighted by molar-refractivity contribution is 0.827. The number of anilines is 1. The third-order valence-corrected chi connectivity index (χ3v) is 1.89. The molecule has 0 aliphatic heterocycles. The molecular weight excluding hydrogens is 176 g/mol. The molecule has 0 aromatic carbocycles. The zero-order valence-electron chi connectivity index (χ0n) is 8.78. The minimum absolute atomic E-state index is 0.426. The van der Waals surface area contributed by atoms with Gasteiger partial charge in [-0.15, -0.1) is 0 Å². The van der Waals surface area contributed by atoms with Gasteiger partial charge in [0.15, 0.2) is 0 Å². The van der Waals surface area contributed by atoms with Gasteiger partial charge >= 0.3 is 0 Å². The summed E-state index contributed by atoms with van der Waals surface area (Å²) in [6.07, 6.45) is 1.06. The van der Waals surface area contributed by atoms with Gasteiger partial charge in [0.05, 0.1) is 0 Å². The zero-order valence-corrected chi connectivity index (χ0v) is 8.78. The highest BCUT2D eigenvalue weighted by Gasteiger charge is 2.04. The molecule has 1 aromatic rings. The summed E-state index contributed by atoms with van der Waals surface area (Å²) in [5.41, 5.74) is 0.426. The highest BCUT2D eigenvalue weighted by atomic mass is 15.2. The van der Waals surface area contributed by atoms with Crippen LogP contribution in [0.15, 0.2) is 6.07 Å². The molecule has 0 radical (unpaired) electrons. The standard InChI is InChI=1S/C10H14N4/c1-4-5-14(3)10-6-9(7-11)12-8(2)13-10/h6H,4-5H2,1-3H3. The van der Waals surface area contributed by atoms with Crippen LogP contribution in [0.3, 0.4) is 0 Å². The first-order valence-electron chi connectivity index (χ1n) is 4.64. The van der Waals surface area contributed by atoms with Crippen molar-refractivity contribution in [3.8, 4) is 6.07 Å². The quantitative estimate of drug-likeness (QED) is 0.724. The number of hydrogen-bond donors (Lipinski definition) is 0. The molecule has 0 spiro atoms. The van der Waals surface area contributed by atoms with Crippen LogP contribution in [0.1, 0.15) is 24.9 Å². The van der Waals surface area contributed by atoms with Crippen LogP contribution in [-0.4, -0.2) is 23.6 Å². The average molecular weight is 190 g/mol. The summed E-state index contributed by atoms with van der Waals surface area (Å²) >= 11 is 0. The Morgan fingerprint density at radius 1 is 1.50 bits per heavy atom. The predicted molar refractivity (Wildman–Crippen MR) is 55.0 cm³/mol. The van der Waals surface area contributed by atoms with Gasteiger partial charge in [0.2, 0.25) is 0 Å². The van der Waals surface area contributed by atoms with Gasteiger partial charge in [-0.05, 0) is 13.3 Å². The number of nitrogens with zero attached hydrogens (tertiary/aromatic N) is 4. The van der Waals surface area contributed by atoms with E-state index in [0.717, 1.165) is 18.8 Å². The van der Waals surface area contributed by atoms with E-state index >= 15 is 0 Å². The van der Waals surface area contributed by atoms with Crippen molar-refractivity contribution in [2.45, 2.75) is 20.3 Å². The highest BCUT2D eigenvalue weighted by Crippen LogP contribution is 2.10. The van der Waals surface area contributed by atoms with E-state index in [0.29, 0.717) is 11.5 Å². The van der Waals surface area contributed by atoms with Crippen LogP contribution in [0.2, 0.25) is 0 Å². The molecule has 0 atom stereocenters. The molecule has 14 heavy (non-hydrogen) atoms. The first-order valence-corrected chi connectivity index (χ1v) is 4.64. The molecule has 0 N–H and O–H groups in total. The highest BCUT2D eigenvalue weighted by molar-refractivity contribution is 5.41. The van der Waals surface area contributed by atoms with Gasteiger partial charge in [-0.1, -0.05) is 6.92 Å².